The summed E-state index contributed by atoms with van der Waals surface area (Å²) in [6, 6.07) is 14.6. The van der Waals surface area contributed by atoms with Gasteiger partial charge >= 0.3 is 0 Å². The van der Waals surface area contributed by atoms with E-state index in [2.05, 4.69) is 33.2 Å². The molecule has 196 valence electrons. The van der Waals surface area contributed by atoms with Crippen molar-refractivity contribution in [2.75, 3.05) is 32.1 Å². The maximum Gasteiger partial charge on any atom is 0.273 e. The summed E-state index contributed by atoms with van der Waals surface area (Å²) in [6.07, 6.45) is 11.7. The number of aromatic nitrogens is 4. The Bertz CT molecular complexity index is 1460. The highest BCUT2D eigenvalue weighted by Crippen LogP contribution is 2.19. The average Bonchev–Trinajstić information content (AvgIpc) is 3.57. The van der Waals surface area contributed by atoms with Crippen molar-refractivity contribution < 1.29 is 14.0 Å². The number of benzene rings is 1. The van der Waals surface area contributed by atoms with E-state index in [9.17, 15) is 18.8 Å². The van der Waals surface area contributed by atoms with Crippen LogP contribution in [0.5, 0.6) is 0 Å². The summed E-state index contributed by atoms with van der Waals surface area (Å²) in [5, 5.41) is 7.48. The van der Waals surface area contributed by atoms with Crippen molar-refractivity contribution in [3.63, 3.8) is 0 Å². The van der Waals surface area contributed by atoms with Crippen molar-refractivity contribution in [1.29, 1.82) is 0 Å². The van der Waals surface area contributed by atoms with Crippen molar-refractivity contribution in [1.82, 2.24) is 29.8 Å². The number of nitrogens with one attached hydrogen (secondary N) is 2. The molecule has 0 radical (unpaired) electrons. The number of amides is 2. The van der Waals surface area contributed by atoms with Gasteiger partial charge in [0.25, 0.3) is 17.4 Å². The quantitative estimate of drug-likeness (QED) is 0.401. The second kappa shape index (κ2) is 12.8. The number of aromatic amines is 1. The Morgan fingerprint density at radius 2 is 1.84 bits per heavy atom. The zero-order valence-electron chi connectivity index (χ0n) is 21.0. The Kier molecular flexibility index (Phi) is 9.31. The normalized spacial score (nSPS) is 14.0. The first kappa shape index (κ1) is 27.6. The smallest absolute Gasteiger partial charge is 0.273 e. The number of anilines is 1. The molecule has 1 saturated heterocycles. The number of rotatable bonds is 4. The van der Waals surface area contributed by atoms with Crippen LogP contribution in [-0.4, -0.2) is 69.5 Å². The van der Waals surface area contributed by atoms with E-state index in [0.717, 1.165) is 6.42 Å². The van der Waals surface area contributed by atoms with Crippen LogP contribution < -0.4 is 15.8 Å². The highest BCUT2D eigenvalue weighted by atomic mass is 19.1. The third-order valence-electron chi connectivity index (χ3n) is 5.62. The van der Waals surface area contributed by atoms with Gasteiger partial charge in [-0.2, -0.15) is 0 Å². The second-order valence-corrected chi connectivity index (χ2v) is 8.42. The molecule has 0 aliphatic carbocycles. The third-order valence-corrected chi connectivity index (χ3v) is 5.62. The lowest BCUT2D eigenvalue weighted by Crippen LogP contribution is -2.39. The number of terminal acetylenes is 1. The largest absolute Gasteiger partial charge is 0.353 e. The number of carbonyl (C=O) groups is 2. The Morgan fingerprint density at radius 3 is 2.47 bits per heavy atom. The molecule has 1 aromatic carbocycles. The zero-order chi connectivity index (χ0) is 27.7. The van der Waals surface area contributed by atoms with E-state index in [1.807, 2.05) is 17.0 Å². The molecule has 11 heteroatoms. The molecule has 0 spiro atoms. The van der Waals surface area contributed by atoms with Crippen molar-refractivity contribution in [2.24, 2.45) is 0 Å². The van der Waals surface area contributed by atoms with Crippen LogP contribution in [0, 0.1) is 18.7 Å². The van der Waals surface area contributed by atoms with Crippen LogP contribution in [-0.2, 0) is 0 Å². The monoisotopic (exact) mass is 517 g/mol. The molecule has 1 atom stereocenters. The number of hydrogen-bond acceptors (Lipinski definition) is 6. The fourth-order valence-corrected chi connectivity index (χ4v) is 3.77. The fourth-order valence-electron chi connectivity index (χ4n) is 3.77. The molecule has 3 aromatic heterocycles. The maximum absolute atomic E-state index is 12.4. The summed E-state index contributed by atoms with van der Waals surface area (Å²) in [5.74, 6) is -0.0579. The summed E-state index contributed by atoms with van der Waals surface area (Å²) < 4.78 is 13.4. The van der Waals surface area contributed by atoms with Crippen molar-refractivity contribution in [3.05, 3.63) is 94.4 Å². The van der Waals surface area contributed by atoms with Crippen LogP contribution in [0.1, 0.15) is 27.3 Å². The molecule has 1 aliphatic rings. The molecule has 5 rings (SSSR count). The molecule has 4 heterocycles. The van der Waals surface area contributed by atoms with Gasteiger partial charge in [0.1, 0.15) is 17.2 Å². The Morgan fingerprint density at radius 1 is 1.11 bits per heavy atom. The van der Waals surface area contributed by atoms with Crippen LogP contribution >= 0.6 is 0 Å². The lowest BCUT2D eigenvalue weighted by molar-refractivity contribution is 0.0819. The van der Waals surface area contributed by atoms with Crippen LogP contribution in [0.4, 0.5) is 10.2 Å². The average molecular weight is 518 g/mol. The van der Waals surface area contributed by atoms with E-state index in [0.29, 0.717) is 30.2 Å². The molecular weight excluding hydrogens is 489 g/mol. The van der Waals surface area contributed by atoms with Gasteiger partial charge in [0, 0.05) is 39.4 Å². The predicted molar refractivity (Wildman–Crippen MR) is 142 cm³/mol. The molecular formula is C27H28FN7O3. The molecule has 4 aromatic rings. The number of carbonyl (C=O) groups excluding carboxylic acids is 2. The molecule has 0 unspecified atom stereocenters. The first-order valence-corrected chi connectivity index (χ1v) is 11.7. The Hall–Kier alpha value is -4.98. The molecule has 0 bridgehead atoms. The van der Waals surface area contributed by atoms with E-state index in [1.165, 1.54) is 40.0 Å². The van der Waals surface area contributed by atoms with E-state index < -0.39 is 11.5 Å². The van der Waals surface area contributed by atoms with Gasteiger partial charge in [0.2, 0.25) is 0 Å². The summed E-state index contributed by atoms with van der Waals surface area (Å²) in [6.45, 7) is 1.25. The fraction of sp³-hybridized carbons (Fsp3) is 0.222. The van der Waals surface area contributed by atoms with E-state index >= 15 is 0 Å². The topological polar surface area (TPSA) is 116 Å². The number of nitrogens with zero attached hydrogens (tertiary/aromatic N) is 5. The van der Waals surface area contributed by atoms with Gasteiger partial charge in [0.05, 0.1) is 6.20 Å². The van der Waals surface area contributed by atoms with Crippen LogP contribution in [0.25, 0.3) is 5.65 Å². The van der Waals surface area contributed by atoms with Crippen molar-refractivity contribution in [3.8, 4) is 12.8 Å². The summed E-state index contributed by atoms with van der Waals surface area (Å²) >= 11 is 0. The van der Waals surface area contributed by atoms with Gasteiger partial charge in [-0.3, -0.25) is 14.4 Å². The number of hydrogen-bond donors (Lipinski definition) is 2. The third kappa shape index (κ3) is 6.61. The minimum absolute atomic E-state index is 0.0933. The highest BCUT2D eigenvalue weighted by Gasteiger charge is 2.26. The summed E-state index contributed by atoms with van der Waals surface area (Å²) in [5.41, 5.74) is 0.659. The molecule has 38 heavy (non-hydrogen) atoms. The molecule has 2 N–H and O–H groups in total. The Balaban J connectivity index is 0.000000381. The molecule has 2 amide bonds. The van der Waals surface area contributed by atoms with Gasteiger partial charge in [-0.15, -0.1) is 17.9 Å². The number of pyridine rings is 1. The van der Waals surface area contributed by atoms with E-state index in [-0.39, 0.29) is 23.3 Å². The van der Waals surface area contributed by atoms with Gasteiger partial charge in [-0.1, -0.05) is 18.2 Å². The van der Waals surface area contributed by atoms with Gasteiger partial charge in [0.15, 0.2) is 11.3 Å². The molecule has 10 nitrogen and oxygen atoms in total. The molecule has 1 fully saturated rings. The molecule has 0 saturated carbocycles. The van der Waals surface area contributed by atoms with Gasteiger partial charge < -0.3 is 20.1 Å². The lowest BCUT2D eigenvalue weighted by atomic mass is 10.2. The molecule has 1 aliphatic heterocycles. The predicted octanol–water partition coefficient (Wildman–Crippen LogP) is 2.20. The highest BCUT2D eigenvalue weighted by molar-refractivity contribution is 5.94. The minimum atomic E-state index is -0.412. The standard InChI is InChI=1S/C19H21N7O3.C6H5F.C2H2/c1-24(2)19(29)14-10-21-15-5-6-16(23-26(14)15)25-9-7-12(11-25)22-18(28)13-4-3-8-20-17(13)27;7-6-4-2-1-3-5-6;1-2/h3-6,8,10,12H,7,9,11H2,1-2H3,(H,20,27)(H,22,28);1-5H;1-2H/t12-;;/m0../s1. The van der Waals surface area contributed by atoms with Crippen molar-refractivity contribution in [2.45, 2.75) is 12.5 Å². The summed E-state index contributed by atoms with van der Waals surface area (Å²) in [4.78, 5) is 46.7. The second-order valence-electron chi connectivity index (χ2n) is 8.42. The first-order valence-electron chi connectivity index (χ1n) is 11.7. The number of fused-ring (bicyclic) bond motifs is 1. The van der Waals surface area contributed by atoms with Crippen molar-refractivity contribution >= 4 is 23.3 Å². The SMILES string of the molecule is C#C.CN(C)C(=O)c1cnc2ccc(N3CC[C@H](NC(=O)c4ccc[nH]c4=O)C3)nn12.Fc1ccccc1. The van der Waals surface area contributed by atoms with E-state index in [4.69, 9.17) is 0 Å². The number of H-pyrrole nitrogens is 1. The van der Waals surface area contributed by atoms with E-state index in [1.54, 1.807) is 38.4 Å². The summed E-state index contributed by atoms with van der Waals surface area (Å²) in [7, 11) is 3.36. The Labute approximate surface area is 219 Å². The van der Waals surface area contributed by atoms with Gasteiger partial charge in [-0.25, -0.2) is 13.9 Å². The minimum Gasteiger partial charge on any atom is -0.353 e. The maximum atomic E-state index is 12.4. The zero-order valence-corrected chi connectivity index (χ0v) is 21.0. The number of halogens is 1. The lowest BCUT2D eigenvalue weighted by Gasteiger charge is -2.18. The first-order chi connectivity index (χ1) is 18.3. The van der Waals surface area contributed by atoms with Gasteiger partial charge in [-0.05, 0) is 42.8 Å². The number of imidazole rings is 1. The van der Waals surface area contributed by atoms with Crippen LogP contribution in [0.15, 0.2) is 71.8 Å². The van der Waals surface area contributed by atoms with Crippen LogP contribution in [0.2, 0.25) is 0 Å². The van der Waals surface area contributed by atoms with Crippen LogP contribution in [0.3, 0.4) is 0 Å².